The Balaban J connectivity index is 1.47. The number of nitrogens with zero attached hydrogens (tertiary/aromatic N) is 4. The van der Waals surface area contributed by atoms with Crippen molar-refractivity contribution in [3.05, 3.63) is 131 Å². The molecule has 7 heteroatoms. The smallest absolute Gasteiger partial charge is 0.318 e. The molecule has 1 N–H and O–H groups in total. The Kier molecular flexibility index (Phi) is 7.33. The number of nitrogens with one attached hydrogen (secondary N) is 1. The van der Waals surface area contributed by atoms with E-state index in [4.69, 9.17) is 9.84 Å². The third-order valence-electron chi connectivity index (χ3n) is 7.85. The van der Waals surface area contributed by atoms with Gasteiger partial charge in [0.25, 0.3) is 0 Å². The van der Waals surface area contributed by atoms with Crippen LogP contribution in [0, 0.1) is 0 Å². The number of amides is 2. The number of aryl methyl sites for hydroxylation is 2. The number of carbonyl (C=O) groups excluding carboxylic acids is 1. The second kappa shape index (κ2) is 11.4. The lowest BCUT2D eigenvalue weighted by Gasteiger charge is -2.31. The summed E-state index contributed by atoms with van der Waals surface area (Å²) < 4.78 is 9.62. The second-order valence-corrected chi connectivity index (χ2v) is 10.3. The molecule has 0 spiro atoms. The first-order chi connectivity index (χ1) is 20.1. The fraction of sp³-hybridized carbons (Fsp3) is 0.235. The van der Waals surface area contributed by atoms with Gasteiger partial charge in [0.15, 0.2) is 0 Å². The number of urea groups is 1. The summed E-state index contributed by atoms with van der Waals surface area (Å²) in [5.74, 6) is 1.75. The minimum Gasteiger partial charge on any atom is -0.497 e. The van der Waals surface area contributed by atoms with Crippen molar-refractivity contribution in [3.8, 4) is 17.3 Å². The Morgan fingerprint density at radius 1 is 0.927 bits per heavy atom. The van der Waals surface area contributed by atoms with Gasteiger partial charge in [0.05, 0.1) is 36.8 Å². The molecule has 1 atom stereocenters. The zero-order valence-corrected chi connectivity index (χ0v) is 23.7. The van der Waals surface area contributed by atoms with Crippen molar-refractivity contribution >= 4 is 6.03 Å². The number of hydrogen-bond acceptors (Lipinski definition) is 3. The summed E-state index contributed by atoms with van der Waals surface area (Å²) in [7, 11) is 1.65. The van der Waals surface area contributed by atoms with E-state index in [0.717, 1.165) is 58.2 Å². The highest BCUT2D eigenvalue weighted by Gasteiger charge is 2.36. The molecular weight excluding hydrogens is 510 g/mol. The van der Waals surface area contributed by atoms with Gasteiger partial charge in [-0.05, 0) is 65.9 Å². The van der Waals surface area contributed by atoms with Gasteiger partial charge in [0, 0.05) is 18.3 Å². The van der Waals surface area contributed by atoms with E-state index in [0.29, 0.717) is 13.1 Å². The van der Waals surface area contributed by atoms with Crippen LogP contribution in [0.4, 0.5) is 4.79 Å². The van der Waals surface area contributed by atoms with Gasteiger partial charge in [0.2, 0.25) is 0 Å². The number of methoxy groups -OCH3 is 1. The average molecular weight is 546 g/mol. The Hall–Kier alpha value is -4.78. The largest absolute Gasteiger partial charge is 0.497 e. The van der Waals surface area contributed by atoms with Gasteiger partial charge in [0.1, 0.15) is 11.6 Å². The Bertz CT molecular complexity index is 1650. The SMILES string of the molecule is CCc1ccc([C@@H]2c3cccn3-c3c(c(CC)nn3-c3ccccc3)CN2C(=O)NCc2cccc(OC)c2)cc1. The molecule has 0 fully saturated rings. The zero-order chi connectivity index (χ0) is 28.3. The fourth-order valence-corrected chi connectivity index (χ4v) is 5.70. The molecule has 3 heterocycles. The predicted octanol–water partition coefficient (Wildman–Crippen LogP) is 6.61. The van der Waals surface area contributed by atoms with Crippen molar-refractivity contribution < 1.29 is 9.53 Å². The van der Waals surface area contributed by atoms with E-state index in [-0.39, 0.29) is 12.1 Å². The van der Waals surface area contributed by atoms with E-state index in [1.165, 1.54) is 5.56 Å². The van der Waals surface area contributed by atoms with Crippen LogP contribution < -0.4 is 10.1 Å². The predicted molar refractivity (Wildman–Crippen MR) is 161 cm³/mol. The lowest BCUT2D eigenvalue weighted by atomic mass is 9.99. The van der Waals surface area contributed by atoms with Crippen molar-refractivity contribution in [1.82, 2.24) is 24.6 Å². The van der Waals surface area contributed by atoms with E-state index in [1.807, 2.05) is 52.0 Å². The molecule has 1 aliphatic rings. The molecule has 0 aliphatic carbocycles. The summed E-state index contributed by atoms with van der Waals surface area (Å²) in [5, 5.41) is 8.25. The van der Waals surface area contributed by atoms with Gasteiger partial charge in [-0.25, -0.2) is 9.48 Å². The summed E-state index contributed by atoms with van der Waals surface area (Å²) in [6.07, 6.45) is 3.80. The van der Waals surface area contributed by atoms with Crippen LogP contribution in [0.1, 0.15) is 53.5 Å². The number of carbonyl (C=O) groups is 1. The molecule has 2 aromatic heterocycles. The molecule has 6 rings (SSSR count). The molecule has 0 saturated heterocycles. The number of benzene rings is 3. The molecule has 2 amide bonds. The molecule has 0 radical (unpaired) electrons. The maximum absolute atomic E-state index is 14.2. The summed E-state index contributed by atoms with van der Waals surface area (Å²) in [6.45, 7) is 5.10. The van der Waals surface area contributed by atoms with Gasteiger partial charge >= 0.3 is 6.03 Å². The molecule has 0 unspecified atom stereocenters. The van der Waals surface area contributed by atoms with Gasteiger partial charge in [-0.2, -0.15) is 5.10 Å². The van der Waals surface area contributed by atoms with Gasteiger partial charge in [-0.15, -0.1) is 0 Å². The summed E-state index contributed by atoms with van der Waals surface area (Å²) in [5.41, 5.74) is 7.36. The molecule has 5 aromatic rings. The number of ether oxygens (including phenoxy) is 1. The molecular formula is C34H35N5O2. The van der Waals surface area contributed by atoms with E-state index in [1.54, 1.807) is 7.11 Å². The number of fused-ring (bicyclic) bond motifs is 3. The number of aromatic nitrogens is 3. The topological polar surface area (TPSA) is 64.3 Å². The van der Waals surface area contributed by atoms with E-state index in [9.17, 15) is 4.79 Å². The Morgan fingerprint density at radius 3 is 2.46 bits per heavy atom. The van der Waals surface area contributed by atoms with Gasteiger partial charge < -0.3 is 19.5 Å². The minimum atomic E-state index is -0.289. The number of hydrogen-bond donors (Lipinski definition) is 1. The first kappa shape index (κ1) is 26.4. The van der Waals surface area contributed by atoms with Crippen LogP contribution in [0.5, 0.6) is 5.75 Å². The van der Waals surface area contributed by atoms with Crippen LogP contribution in [-0.2, 0) is 25.9 Å². The van der Waals surface area contributed by atoms with Crippen LogP contribution in [0.25, 0.3) is 11.5 Å². The third-order valence-corrected chi connectivity index (χ3v) is 7.85. The molecule has 3 aromatic carbocycles. The summed E-state index contributed by atoms with van der Waals surface area (Å²) >= 11 is 0. The van der Waals surface area contributed by atoms with Crippen molar-refractivity contribution in [2.75, 3.05) is 7.11 Å². The summed E-state index contributed by atoms with van der Waals surface area (Å²) in [6, 6.07) is 30.4. The van der Waals surface area contributed by atoms with Crippen LogP contribution in [0.2, 0.25) is 0 Å². The first-order valence-corrected chi connectivity index (χ1v) is 14.2. The van der Waals surface area contributed by atoms with Crippen molar-refractivity contribution in [2.45, 2.75) is 45.8 Å². The number of rotatable bonds is 7. The lowest BCUT2D eigenvalue weighted by molar-refractivity contribution is 0.180. The van der Waals surface area contributed by atoms with E-state index >= 15 is 0 Å². The monoisotopic (exact) mass is 545 g/mol. The quantitative estimate of drug-likeness (QED) is 0.250. The van der Waals surface area contributed by atoms with Crippen LogP contribution in [0.3, 0.4) is 0 Å². The van der Waals surface area contributed by atoms with E-state index < -0.39 is 0 Å². The molecule has 1 aliphatic heterocycles. The maximum Gasteiger partial charge on any atom is 0.318 e. The molecule has 7 nitrogen and oxygen atoms in total. The van der Waals surface area contributed by atoms with Gasteiger partial charge in [-0.1, -0.05) is 68.4 Å². The molecule has 0 bridgehead atoms. The molecule has 41 heavy (non-hydrogen) atoms. The van der Waals surface area contributed by atoms with Crippen LogP contribution >= 0.6 is 0 Å². The number of para-hydroxylation sites is 1. The average Bonchev–Trinajstić information content (AvgIpc) is 3.61. The molecule has 208 valence electrons. The van der Waals surface area contributed by atoms with Gasteiger partial charge in [-0.3, -0.25) is 0 Å². The highest BCUT2D eigenvalue weighted by atomic mass is 16.5. The van der Waals surface area contributed by atoms with E-state index in [2.05, 4.69) is 78.5 Å². The molecule has 0 saturated carbocycles. The van der Waals surface area contributed by atoms with Crippen molar-refractivity contribution in [3.63, 3.8) is 0 Å². The maximum atomic E-state index is 14.2. The Labute approximate surface area is 241 Å². The highest BCUT2D eigenvalue weighted by Crippen LogP contribution is 2.38. The second-order valence-electron chi connectivity index (χ2n) is 10.3. The van der Waals surface area contributed by atoms with Crippen molar-refractivity contribution in [2.24, 2.45) is 0 Å². The highest BCUT2D eigenvalue weighted by molar-refractivity contribution is 5.76. The third kappa shape index (κ3) is 4.99. The minimum absolute atomic E-state index is 0.132. The lowest BCUT2D eigenvalue weighted by Crippen LogP contribution is -2.41. The zero-order valence-electron chi connectivity index (χ0n) is 23.7. The normalized spacial score (nSPS) is 14.2. The fourth-order valence-electron chi connectivity index (χ4n) is 5.70. The summed E-state index contributed by atoms with van der Waals surface area (Å²) in [4.78, 5) is 16.1. The Morgan fingerprint density at radius 2 is 1.73 bits per heavy atom. The van der Waals surface area contributed by atoms with Crippen molar-refractivity contribution in [1.29, 1.82) is 0 Å². The van der Waals surface area contributed by atoms with Crippen LogP contribution in [-0.4, -0.2) is 32.4 Å². The van der Waals surface area contributed by atoms with Crippen LogP contribution in [0.15, 0.2) is 97.2 Å². The standard InChI is InChI=1S/C34H35N5O2/c1-4-24-16-18-26(19-17-24)32-31-15-10-20-37(31)33-29(30(5-2)36-39(33)27-12-7-6-8-13-27)23-38(32)34(40)35-22-25-11-9-14-28(21-25)41-3/h6-21,32H,4-5,22-23H2,1-3H3,(H,35,40)/t32-/m1/s1. The first-order valence-electron chi connectivity index (χ1n) is 14.2.